The van der Waals surface area contributed by atoms with E-state index in [0.717, 1.165) is 10.0 Å². The quantitative estimate of drug-likeness (QED) is 0.915. The highest BCUT2D eigenvalue weighted by atomic mass is 79.9. The molecule has 104 valence electrons. The summed E-state index contributed by atoms with van der Waals surface area (Å²) in [5, 5.41) is 8.97. The van der Waals surface area contributed by atoms with Crippen LogP contribution < -0.4 is 4.90 Å². The average molecular weight is 334 g/mol. The fourth-order valence-electron chi connectivity index (χ4n) is 2.14. The number of para-hydroxylation sites is 1. The van der Waals surface area contributed by atoms with Crippen molar-refractivity contribution in [3.8, 4) is 0 Å². The topological polar surface area (TPSA) is 40.5 Å². The maximum atomic E-state index is 10.9. The zero-order valence-corrected chi connectivity index (χ0v) is 13.0. The normalized spacial score (nSPS) is 10.3. The van der Waals surface area contributed by atoms with E-state index in [4.69, 9.17) is 5.11 Å². The molecule has 2 aromatic carbocycles. The van der Waals surface area contributed by atoms with Crippen LogP contribution in [0.3, 0.4) is 0 Å². The van der Waals surface area contributed by atoms with E-state index in [1.165, 1.54) is 11.3 Å². The van der Waals surface area contributed by atoms with Gasteiger partial charge in [-0.05, 0) is 36.2 Å². The van der Waals surface area contributed by atoms with Crippen LogP contribution in [0.2, 0.25) is 0 Å². The summed E-state index contributed by atoms with van der Waals surface area (Å²) in [6, 6.07) is 13.3. The lowest BCUT2D eigenvalue weighted by Crippen LogP contribution is -2.17. The predicted octanol–water partition coefficient (Wildman–Crippen LogP) is 4.09. The molecule has 0 spiro atoms. The van der Waals surface area contributed by atoms with Gasteiger partial charge < -0.3 is 10.0 Å². The summed E-state index contributed by atoms with van der Waals surface area (Å²) in [7, 11) is 2.03. The molecule has 0 unspecified atom stereocenters. The SMILES string of the molecule is Cc1ccccc1N(C)Cc1ccc(C(=O)O)cc1Br. The van der Waals surface area contributed by atoms with E-state index in [2.05, 4.69) is 39.9 Å². The number of benzene rings is 2. The van der Waals surface area contributed by atoms with Crippen molar-refractivity contribution in [1.82, 2.24) is 0 Å². The largest absolute Gasteiger partial charge is 0.478 e. The second kappa shape index (κ2) is 6.09. The minimum atomic E-state index is -0.912. The smallest absolute Gasteiger partial charge is 0.335 e. The van der Waals surface area contributed by atoms with E-state index in [0.29, 0.717) is 12.1 Å². The summed E-state index contributed by atoms with van der Waals surface area (Å²) in [5.41, 5.74) is 3.73. The first-order chi connectivity index (χ1) is 9.49. The van der Waals surface area contributed by atoms with E-state index >= 15 is 0 Å². The van der Waals surface area contributed by atoms with E-state index in [9.17, 15) is 4.79 Å². The molecule has 0 aromatic heterocycles. The van der Waals surface area contributed by atoms with Crippen molar-refractivity contribution in [3.63, 3.8) is 0 Å². The van der Waals surface area contributed by atoms with Gasteiger partial charge in [0.1, 0.15) is 0 Å². The number of aromatic carboxylic acids is 1. The first kappa shape index (κ1) is 14.6. The molecule has 0 aliphatic rings. The minimum absolute atomic E-state index is 0.291. The Balaban J connectivity index is 2.22. The molecule has 0 radical (unpaired) electrons. The molecule has 1 N–H and O–H groups in total. The predicted molar refractivity (Wildman–Crippen MR) is 84.4 cm³/mol. The molecule has 4 heteroatoms. The second-order valence-corrected chi connectivity index (χ2v) is 5.61. The molecule has 0 aliphatic carbocycles. The molecule has 0 fully saturated rings. The van der Waals surface area contributed by atoms with Crippen molar-refractivity contribution < 1.29 is 9.90 Å². The third-order valence-electron chi connectivity index (χ3n) is 3.23. The van der Waals surface area contributed by atoms with Crippen LogP contribution in [-0.4, -0.2) is 18.1 Å². The Hall–Kier alpha value is -1.81. The Morgan fingerprint density at radius 2 is 1.95 bits per heavy atom. The number of carboxylic acid groups (broad SMARTS) is 1. The van der Waals surface area contributed by atoms with Gasteiger partial charge in [0.15, 0.2) is 0 Å². The number of rotatable bonds is 4. The summed E-state index contributed by atoms with van der Waals surface area (Å²) in [6.07, 6.45) is 0. The number of carbonyl (C=O) groups is 1. The Bertz CT molecular complexity index is 640. The van der Waals surface area contributed by atoms with Crippen molar-refractivity contribution in [2.75, 3.05) is 11.9 Å². The van der Waals surface area contributed by atoms with Crippen molar-refractivity contribution >= 4 is 27.6 Å². The summed E-state index contributed by atoms with van der Waals surface area (Å²) >= 11 is 3.45. The van der Waals surface area contributed by atoms with Crippen molar-refractivity contribution in [2.45, 2.75) is 13.5 Å². The summed E-state index contributed by atoms with van der Waals surface area (Å²) in [6.45, 7) is 2.79. The van der Waals surface area contributed by atoms with Gasteiger partial charge in [-0.25, -0.2) is 4.79 Å². The van der Waals surface area contributed by atoms with Gasteiger partial charge in [0, 0.05) is 23.8 Å². The molecule has 0 atom stereocenters. The van der Waals surface area contributed by atoms with Crippen molar-refractivity contribution in [3.05, 3.63) is 63.6 Å². The van der Waals surface area contributed by atoms with Crippen molar-refractivity contribution in [2.24, 2.45) is 0 Å². The van der Waals surface area contributed by atoms with Crippen LogP contribution in [0.1, 0.15) is 21.5 Å². The number of nitrogens with zero attached hydrogens (tertiary/aromatic N) is 1. The molecular weight excluding hydrogens is 318 g/mol. The Morgan fingerprint density at radius 3 is 2.55 bits per heavy atom. The lowest BCUT2D eigenvalue weighted by molar-refractivity contribution is 0.0697. The highest BCUT2D eigenvalue weighted by molar-refractivity contribution is 9.10. The third-order valence-corrected chi connectivity index (χ3v) is 3.97. The molecule has 2 rings (SSSR count). The fourth-order valence-corrected chi connectivity index (χ4v) is 2.65. The number of anilines is 1. The van der Waals surface area contributed by atoms with E-state index in [1.54, 1.807) is 12.1 Å². The summed E-state index contributed by atoms with van der Waals surface area (Å²) in [5.74, 6) is -0.912. The molecule has 20 heavy (non-hydrogen) atoms. The van der Waals surface area contributed by atoms with Gasteiger partial charge in [0.2, 0.25) is 0 Å². The fraction of sp³-hybridized carbons (Fsp3) is 0.188. The molecule has 2 aromatic rings. The molecule has 0 saturated heterocycles. The van der Waals surface area contributed by atoms with Gasteiger partial charge in [-0.1, -0.05) is 40.2 Å². The van der Waals surface area contributed by atoms with Crippen LogP contribution in [0.5, 0.6) is 0 Å². The number of hydrogen-bond donors (Lipinski definition) is 1. The van der Waals surface area contributed by atoms with Gasteiger partial charge in [0.05, 0.1) is 5.56 Å². The number of hydrogen-bond acceptors (Lipinski definition) is 2. The van der Waals surface area contributed by atoms with Gasteiger partial charge in [-0.3, -0.25) is 0 Å². The van der Waals surface area contributed by atoms with Crippen LogP contribution in [0.4, 0.5) is 5.69 Å². The highest BCUT2D eigenvalue weighted by Gasteiger charge is 2.10. The molecule has 0 bridgehead atoms. The number of aryl methyl sites for hydroxylation is 1. The first-order valence-corrected chi connectivity index (χ1v) is 7.07. The van der Waals surface area contributed by atoms with Crippen LogP contribution in [0, 0.1) is 6.92 Å². The minimum Gasteiger partial charge on any atom is -0.478 e. The molecule has 0 heterocycles. The van der Waals surface area contributed by atoms with Crippen LogP contribution >= 0.6 is 15.9 Å². The van der Waals surface area contributed by atoms with Gasteiger partial charge in [-0.2, -0.15) is 0 Å². The Morgan fingerprint density at radius 1 is 1.25 bits per heavy atom. The third kappa shape index (κ3) is 3.20. The zero-order chi connectivity index (χ0) is 14.7. The van der Waals surface area contributed by atoms with Crippen molar-refractivity contribution in [1.29, 1.82) is 0 Å². The zero-order valence-electron chi connectivity index (χ0n) is 11.4. The number of carboxylic acids is 1. The summed E-state index contributed by atoms with van der Waals surface area (Å²) in [4.78, 5) is 13.1. The maximum absolute atomic E-state index is 10.9. The van der Waals surface area contributed by atoms with E-state index < -0.39 is 5.97 Å². The second-order valence-electron chi connectivity index (χ2n) is 4.75. The standard InChI is InChI=1S/C16H16BrNO2/c1-11-5-3-4-6-15(11)18(2)10-13-8-7-12(16(19)20)9-14(13)17/h3-9H,10H2,1-2H3,(H,19,20). The van der Waals surface area contributed by atoms with Gasteiger partial charge >= 0.3 is 5.97 Å². The molecule has 3 nitrogen and oxygen atoms in total. The molecular formula is C16H16BrNO2. The van der Waals surface area contributed by atoms with E-state index in [-0.39, 0.29) is 0 Å². The Kier molecular flexibility index (Phi) is 4.45. The van der Waals surface area contributed by atoms with Gasteiger partial charge in [0.25, 0.3) is 0 Å². The average Bonchev–Trinajstić information content (AvgIpc) is 2.41. The molecule has 0 aliphatic heterocycles. The lowest BCUT2D eigenvalue weighted by atomic mass is 10.1. The lowest BCUT2D eigenvalue weighted by Gasteiger charge is -2.22. The molecule has 0 amide bonds. The monoisotopic (exact) mass is 333 g/mol. The van der Waals surface area contributed by atoms with E-state index in [1.807, 2.05) is 25.2 Å². The van der Waals surface area contributed by atoms with Crippen LogP contribution in [-0.2, 0) is 6.54 Å². The van der Waals surface area contributed by atoms with Crippen LogP contribution in [0.15, 0.2) is 46.9 Å². The summed E-state index contributed by atoms with van der Waals surface area (Å²) < 4.78 is 0.817. The molecule has 0 saturated carbocycles. The first-order valence-electron chi connectivity index (χ1n) is 6.27. The maximum Gasteiger partial charge on any atom is 0.335 e. The van der Waals surface area contributed by atoms with Gasteiger partial charge in [-0.15, -0.1) is 0 Å². The highest BCUT2D eigenvalue weighted by Crippen LogP contribution is 2.24. The van der Waals surface area contributed by atoms with Crippen LogP contribution in [0.25, 0.3) is 0 Å². The Labute approximate surface area is 127 Å². The number of halogens is 1.